The number of thioether (sulfide) groups is 1. The van der Waals surface area contributed by atoms with E-state index < -0.39 is 0 Å². The van der Waals surface area contributed by atoms with E-state index in [0.717, 1.165) is 58.2 Å². The molecule has 0 saturated carbocycles. The quantitative estimate of drug-likeness (QED) is 0.0500. The lowest BCUT2D eigenvalue weighted by Crippen LogP contribution is -2.29. The van der Waals surface area contributed by atoms with E-state index in [1.54, 1.807) is 11.8 Å². The highest BCUT2D eigenvalue weighted by atomic mass is 32.2. The van der Waals surface area contributed by atoms with Gasteiger partial charge in [-0.2, -0.15) is 0 Å². The van der Waals surface area contributed by atoms with Gasteiger partial charge in [0.05, 0.1) is 13.2 Å². The number of hydrogen-bond donors (Lipinski definition) is 1. The van der Waals surface area contributed by atoms with Crippen molar-refractivity contribution in [3.63, 3.8) is 0 Å². The molecular formula is C44H87NO4S. The molecule has 0 radical (unpaired) electrons. The first-order valence-corrected chi connectivity index (χ1v) is 23.1. The van der Waals surface area contributed by atoms with Crippen LogP contribution in [-0.2, 0) is 14.3 Å². The number of nitrogens with zero attached hydrogens (tertiary/aromatic N) is 1. The second-order valence-corrected chi connectivity index (χ2v) is 16.5. The number of hydrogen-bond acceptors (Lipinski definition) is 6. The molecule has 5 nitrogen and oxygen atoms in total. The van der Waals surface area contributed by atoms with Crippen molar-refractivity contribution in [2.45, 2.75) is 238 Å². The highest BCUT2D eigenvalue weighted by Crippen LogP contribution is 2.27. The molecule has 0 heterocycles. The van der Waals surface area contributed by atoms with Gasteiger partial charge in [-0.1, -0.05) is 187 Å². The number of unbranched alkanes of at least 4 members (excludes halogenated alkanes) is 24. The minimum absolute atomic E-state index is 0.0185. The van der Waals surface area contributed by atoms with Crippen LogP contribution in [0.15, 0.2) is 0 Å². The summed E-state index contributed by atoms with van der Waals surface area (Å²) >= 11 is 1.69. The molecule has 0 aliphatic rings. The van der Waals surface area contributed by atoms with Crippen molar-refractivity contribution in [3.05, 3.63) is 0 Å². The van der Waals surface area contributed by atoms with Crippen LogP contribution in [0.3, 0.4) is 0 Å². The number of aliphatic hydroxyl groups excluding tert-OH is 1. The van der Waals surface area contributed by atoms with Crippen LogP contribution >= 0.6 is 11.8 Å². The Kier molecular flexibility index (Phi) is 40.7. The topological polar surface area (TPSA) is 66.8 Å². The smallest absolute Gasteiger partial charge is 0.305 e. The lowest BCUT2D eigenvalue weighted by atomic mass is 10.0. The van der Waals surface area contributed by atoms with Gasteiger partial charge in [-0.25, -0.2) is 0 Å². The summed E-state index contributed by atoms with van der Waals surface area (Å²) in [6.45, 7) is 10.5. The number of aliphatic hydroxyl groups is 1. The van der Waals surface area contributed by atoms with Crippen molar-refractivity contribution in [2.24, 2.45) is 0 Å². The van der Waals surface area contributed by atoms with Crippen molar-refractivity contribution in [3.8, 4) is 0 Å². The fourth-order valence-corrected chi connectivity index (χ4v) is 8.08. The molecule has 0 atom stereocenters. The van der Waals surface area contributed by atoms with Gasteiger partial charge in [0.2, 0.25) is 0 Å². The van der Waals surface area contributed by atoms with Crippen molar-refractivity contribution in [1.82, 2.24) is 4.90 Å². The summed E-state index contributed by atoms with van der Waals surface area (Å²) in [5.74, 6) is -0.0185. The summed E-state index contributed by atoms with van der Waals surface area (Å²) < 4.78 is 5.36. The zero-order valence-electron chi connectivity index (χ0n) is 34.0. The molecule has 0 aromatic carbocycles. The average molecular weight is 726 g/mol. The molecule has 0 aliphatic heterocycles. The van der Waals surface area contributed by atoms with Crippen LogP contribution in [0.2, 0.25) is 0 Å². The Labute approximate surface area is 317 Å². The summed E-state index contributed by atoms with van der Waals surface area (Å²) in [5.41, 5.74) is 0. The highest BCUT2D eigenvalue weighted by molar-refractivity contribution is 8.14. The van der Waals surface area contributed by atoms with Gasteiger partial charge in [-0.15, -0.1) is 0 Å². The van der Waals surface area contributed by atoms with Gasteiger partial charge >= 0.3 is 5.97 Å². The van der Waals surface area contributed by atoms with E-state index in [0.29, 0.717) is 23.4 Å². The van der Waals surface area contributed by atoms with Gasteiger partial charge in [0, 0.05) is 24.6 Å². The molecule has 0 aromatic heterocycles. The van der Waals surface area contributed by atoms with Crippen molar-refractivity contribution >= 4 is 22.8 Å². The Morgan fingerprint density at radius 3 is 1.38 bits per heavy atom. The standard InChI is InChI=1S/C44H87NO4S/c1-4-7-10-13-19-26-33-42(34-27-20-14-11-8-5-2)50-44(48)36-29-22-18-24-31-38-45(39-40-46)37-30-23-17-15-16-21-28-35-43(47)49-41-32-25-12-9-6-3/h42,46H,4-41H2,1-3H3. The third kappa shape index (κ3) is 37.2. The Morgan fingerprint density at radius 2 is 0.900 bits per heavy atom. The summed E-state index contributed by atoms with van der Waals surface area (Å²) in [6, 6.07) is 0. The molecule has 50 heavy (non-hydrogen) atoms. The number of esters is 1. The molecule has 0 rings (SSSR count). The number of rotatable bonds is 41. The first-order valence-electron chi connectivity index (χ1n) is 22.3. The maximum atomic E-state index is 12.9. The minimum Gasteiger partial charge on any atom is -0.466 e. The molecule has 0 fully saturated rings. The normalized spacial score (nSPS) is 11.6. The zero-order valence-corrected chi connectivity index (χ0v) is 34.8. The lowest BCUT2D eigenvalue weighted by molar-refractivity contribution is -0.143. The molecule has 0 aromatic rings. The van der Waals surface area contributed by atoms with E-state index in [1.807, 2.05) is 0 Å². The Hall–Kier alpha value is -0.590. The molecule has 298 valence electrons. The Balaban J connectivity index is 3.92. The number of carbonyl (C=O) groups is 2. The van der Waals surface area contributed by atoms with E-state index in [2.05, 4.69) is 25.7 Å². The fourth-order valence-electron chi connectivity index (χ4n) is 6.88. The Morgan fingerprint density at radius 1 is 0.500 bits per heavy atom. The largest absolute Gasteiger partial charge is 0.466 e. The van der Waals surface area contributed by atoms with Crippen molar-refractivity contribution in [1.29, 1.82) is 0 Å². The SMILES string of the molecule is CCCCCCCCC(CCCCCCCC)SC(=O)CCCCCCCN(CCO)CCCCCCCCCC(=O)OCCCCCCC. The maximum Gasteiger partial charge on any atom is 0.305 e. The minimum atomic E-state index is -0.0185. The molecule has 0 spiro atoms. The van der Waals surface area contributed by atoms with Crippen LogP contribution < -0.4 is 0 Å². The first kappa shape index (κ1) is 49.4. The number of ether oxygens (including phenoxy) is 1. The fraction of sp³-hybridized carbons (Fsp3) is 0.955. The van der Waals surface area contributed by atoms with Crippen LogP contribution in [0.1, 0.15) is 233 Å². The zero-order chi connectivity index (χ0) is 36.6. The van der Waals surface area contributed by atoms with E-state index in [4.69, 9.17) is 4.74 Å². The lowest BCUT2D eigenvalue weighted by Gasteiger charge is -2.21. The summed E-state index contributed by atoms with van der Waals surface area (Å²) in [7, 11) is 0. The van der Waals surface area contributed by atoms with Crippen LogP contribution in [0.5, 0.6) is 0 Å². The molecule has 0 aliphatic carbocycles. The predicted molar refractivity (Wildman–Crippen MR) is 220 cm³/mol. The summed E-state index contributed by atoms with van der Waals surface area (Å²) in [5, 5.41) is 10.5. The van der Waals surface area contributed by atoms with Gasteiger partial charge in [-0.3, -0.25) is 9.59 Å². The molecule has 1 N–H and O–H groups in total. The van der Waals surface area contributed by atoms with Crippen LogP contribution in [-0.4, -0.2) is 59.2 Å². The second kappa shape index (κ2) is 41.2. The van der Waals surface area contributed by atoms with Gasteiger partial charge in [0.25, 0.3) is 0 Å². The molecule has 0 bridgehead atoms. The molecule has 0 saturated heterocycles. The monoisotopic (exact) mass is 726 g/mol. The van der Waals surface area contributed by atoms with Crippen LogP contribution in [0, 0.1) is 0 Å². The highest BCUT2D eigenvalue weighted by Gasteiger charge is 2.14. The van der Waals surface area contributed by atoms with Crippen LogP contribution in [0.25, 0.3) is 0 Å². The van der Waals surface area contributed by atoms with Crippen molar-refractivity contribution in [2.75, 3.05) is 32.8 Å². The molecule has 6 heteroatoms. The molecular weight excluding hydrogens is 639 g/mol. The van der Waals surface area contributed by atoms with E-state index in [9.17, 15) is 14.7 Å². The van der Waals surface area contributed by atoms with Gasteiger partial charge in [0.15, 0.2) is 5.12 Å². The average Bonchev–Trinajstić information content (AvgIpc) is 3.11. The first-order chi connectivity index (χ1) is 24.6. The summed E-state index contributed by atoms with van der Waals surface area (Å²) in [6.07, 6.45) is 39.7. The third-order valence-electron chi connectivity index (χ3n) is 10.2. The van der Waals surface area contributed by atoms with Crippen LogP contribution in [0.4, 0.5) is 0 Å². The van der Waals surface area contributed by atoms with Gasteiger partial charge in [-0.05, 0) is 58.0 Å². The molecule has 0 unspecified atom stereocenters. The van der Waals surface area contributed by atoms with Gasteiger partial charge in [0.1, 0.15) is 0 Å². The summed E-state index contributed by atoms with van der Waals surface area (Å²) in [4.78, 5) is 27.2. The van der Waals surface area contributed by atoms with E-state index in [1.165, 1.54) is 167 Å². The Bertz CT molecular complexity index is 690. The van der Waals surface area contributed by atoms with E-state index in [-0.39, 0.29) is 12.6 Å². The molecule has 0 amide bonds. The second-order valence-electron chi connectivity index (χ2n) is 15.2. The third-order valence-corrected chi connectivity index (χ3v) is 11.5. The maximum absolute atomic E-state index is 12.9. The van der Waals surface area contributed by atoms with Gasteiger partial charge < -0.3 is 14.7 Å². The van der Waals surface area contributed by atoms with Crippen molar-refractivity contribution < 1.29 is 19.4 Å². The van der Waals surface area contributed by atoms with E-state index >= 15 is 0 Å². The number of carbonyl (C=O) groups excluding carboxylic acids is 2. The predicted octanol–water partition coefficient (Wildman–Crippen LogP) is 13.4.